The fourth-order valence-electron chi connectivity index (χ4n) is 4.22. The Morgan fingerprint density at radius 3 is 2.44 bits per heavy atom. The van der Waals surface area contributed by atoms with Crippen molar-refractivity contribution < 1.29 is 9.47 Å². The number of anilines is 1. The average molecular weight is 475 g/mol. The predicted molar refractivity (Wildman–Crippen MR) is 136 cm³/mol. The summed E-state index contributed by atoms with van der Waals surface area (Å²) in [5.41, 5.74) is 4.49. The van der Waals surface area contributed by atoms with Gasteiger partial charge in [0, 0.05) is 44.3 Å². The SMILES string of the molecule is COc1ccc(CCN(C)S2(N3CCN(c4ccccc4Cl)CC3)C=CN=C2)cc1OC. The fraction of sp³-hybridized carbons (Fsp3) is 0.375. The number of para-hydroxylation sites is 1. The standard InChI is InChI=1S/C24H31ClN4O2S/c1-27(12-10-20-8-9-23(30-2)24(18-20)31-3)32(17-11-26-19-32)29-15-13-28(14-16-29)22-7-5-4-6-21(22)25/h4-9,11,17-19H,10,12-16H2,1-3H3. The summed E-state index contributed by atoms with van der Waals surface area (Å²) >= 11 is 6.43. The Morgan fingerprint density at radius 2 is 1.78 bits per heavy atom. The second-order valence-electron chi connectivity index (χ2n) is 7.84. The zero-order valence-corrected chi connectivity index (χ0v) is 20.5. The van der Waals surface area contributed by atoms with Crippen molar-refractivity contribution in [2.75, 3.05) is 58.9 Å². The lowest BCUT2D eigenvalue weighted by Gasteiger charge is -2.51. The Balaban J connectivity index is 1.42. The van der Waals surface area contributed by atoms with E-state index in [0.717, 1.165) is 61.4 Å². The third-order valence-electron chi connectivity index (χ3n) is 6.07. The van der Waals surface area contributed by atoms with E-state index in [2.05, 4.69) is 60.8 Å². The first-order valence-corrected chi connectivity index (χ1v) is 12.8. The summed E-state index contributed by atoms with van der Waals surface area (Å²) in [5.74, 6) is 1.53. The van der Waals surface area contributed by atoms with E-state index in [4.69, 9.17) is 21.1 Å². The summed E-state index contributed by atoms with van der Waals surface area (Å²) < 4.78 is 15.9. The first-order chi connectivity index (χ1) is 15.6. The van der Waals surface area contributed by atoms with Crippen LogP contribution in [-0.4, -0.2) is 68.1 Å². The molecule has 6 nitrogen and oxygen atoms in total. The van der Waals surface area contributed by atoms with Crippen LogP contribution in [0, 0.1) is 0 Å². The van der Waals surface area contributed by atoms with Crippen molar-refractivity contribution in [2.24, 2.45) is 4.99 Å². The fourth-order valence-corrected chi connectivity index (χ4v) is 7.24. The maximum atomic E-state index is 6.43. The molecule has 2 aliphatic heterocycles. The number of aliphatic imine (C=N–C) groups is 1. The number of methoxy groups -OCH3 is 2. The van der Waals surface area contributed by atoms with Gasteiger partial charge in [-0.2, -0.15) is 0 Å². The van der Waals surface area contributed by atoms with Gasteiger partial charge in [-0.1, -0.05) is 40.2 Å². The molecule has 1 saturated heterocycles. The van der Waals surface area contributed by atoms with E-state index in [9.17, 15) is 0 Å². The lowest BCUT2D eigenvalue weighted by Crippen LogP contribution is -2.50. The highest BCUT2D eigenvalue weighted by Crippen LogP contribution is 2.55. The number of piperazine rings is 1. The summed E-state index contributed by atoms with van der Waals surface area (Å²) in [7, 11) is 4.17. The Bertz CT molecular complexity index is 980. The first-order valence-electron chi connectivity index (χ1n) is 10.8. The molecule has 0 amide bonds. The van der Waals surface area contributed by atoms with E-state index in [1.54, 1.807) is 14.2 Å². The van der Waals surface area contributed by atoms with Crippen LogP contribution in [0.25, 0.3) is 0 Å². The number of rotatable bonds is 8. The van der Waals surface area contributed by atoms with E-state index in [-0.39, 0.29) is 0 Å². The molecule has 1 fully saturated rings. The molecule has 0 spiro atoms. The van der Waals surface area contributed by atoms with Gasteiger partial charge in [-0.15, -0.1) is 0 Å². The van der Waals surface area contributed by atoms with E-state index in [1.807, 2.05) is 24.4 Å². The van der Waals surface area contributed by atoms with Gasteiger partial charge < -0.3 is 14.4 Å². The van der Waals surface area contributed by atoms with Crippen molar-refractivity contribution in [1.29, 1.82) is 0 Å². The molecule has 1 atom stereocenters. The molecule has 0 radical (unpaired) electrons. The zero-order valence-electron chi connectivity index (χ0n) is 18.9. The van der Waals surface area contributed by atoms with Crippen LogP contribution in [0.5, 0.6) is 11.5 Å². The minimum atomic E-state index is -1.38. The first kappa shape index (κ1) is 23.0. The Hall–Kier alpha value is -2.19. The number of likely N-dealkylation sites (N-methyl/N-ethyl adjacent to an activating group) is 1. The molecule has 32 heavy (non-hydrogen) atoms. The molecule has 2 aliphatic rings. The molecule has 8 heteroatoms. The van der Waals surface area contributed by atoms with E-state index < -0.39 is 10.4 Å². The van der Waals surface area contributed by atoms with Crippen molar-refractivity contribution in [3.8, 4) is 11.5 Å². The van der Waals surface area contributed by atoms with Gasteiger partial charge in [0.2, 0.25) is 0 Å². The quantitative estimate of drug-likeness (QED) is 0.549. The van der Waals surface area contributed by atoms with Gasteiger partial charge in [0.25, 0.3) is 0 Å². The summed E-state index contributed by atoms with van der Waals surface area (Å²) in [5, 5.41) is 3.10. The molecule has 0 N–H and O–H groups in total. The van der Waals surface area contributed by atoms with Gasteiger partial charge in [-0.3, -0.25) is 9.30 Å². The number of nitrogens with zero attached hydrogens (tertiary/aromatic N) is 4. The summed E-state index contributed by atoms with van der Waals surface area (Å²) in [6.07, 6.45) is 2.87. The topological polar surface area (TPSA) is 40.5 Å². The maximum absolute atomic E-state index is 6.43. The number of hydrogen-bond donors (Lipinski definition) is 0. The van der Waals surface area contributed by atoms with Gasteiger partial charge in [0.1, 0.15) is 0 Å². The molecule has 2 aromatic carbocycles. The predicted octanol–water partition coefficient (Wildman–Crippen LogP) is 4.80. The van der Waals surface area contributed by atoms with Crippen molar-refractivity contribution in [2.45, 2.75) is 6.42 Å². The van der Waals surface area contributed by atoms with Crippen molar-refractivity contribution in [1.82, 2.24) is 8.61 Å². The Labute approximate surface area is 197 Å². The second kappa shape index (κ2) is 10.2. The van der Waals surface area contributed by atoms with Crippen LogP contribution in [0.1, 0.15) is 5.56 Å². The molecule has 172 valence electrons. The van der Waals surface area contributed by atoms with Crippen molar-refractivity contribution >= 4 is 33.2 Å². The number of hydrogen-bond acceptors (Lipinski definition) is 6. The number of benzene rings is 2. The third-order valence-corrected chi connectivity index (χ3v) is 9.72. The molecule has 0 bridgehead atoms. The normalized spacial score (nSPS) is 22.8. The summed E-state index contributed by atoms with van der Waals surface area (Å²) in [6, 6.07) is 14.2. The highest BCUT2D eigenvalue weighted by atomic mass is 35.5. The lowest BCUT2D eigenvalue weighted by atomic mass is 10.1. The molecule has 1 unspecified atom stereocenters. The Kier molecular flexibility index (Phi) is 7.30. The van der Waals surface area contributed by atoms with Crippen LogP contribution in [-0.2, 0) is 6.42 Å². The van der Waals surface area contributed by atoms with Crippen molar-refractivity contribution in [3.63, 3.8) is 0 Å². The van der Waals surface area contributed by atoms with Gasteiger partial charge in [0.05, 0.1) is 30.5 Å². The van der Waals surface area contributed by atoms with E-state index >= 15 is 0 Å². The van der Waals surface area contributed by atoms with Crippen LogP contribution < -0.4 is 14.4 Å². The molecular formula is C24H31ClN4O2S. The minimum Gasteiger partial charge on any atom is -0.493 e. The average Bonchev–Trinajstić information content (AvgIpc) is 3.34. The van der Waals surface area contributed by atoms with Gasteiger partial charge in [-0.25, -0.2) is 4.31 Å². The molecule has 0 aliphatic carbocycles. The number of ether oxygens (including phenoxy) is 2. The van der Waals surface area contributed by atoms with Crippen LogP contribution in [0.3, 0.4) is 0 Å². The molecule has 2 aromatic rings. The third kappa shape index (κ3) is 4.62. The Morgan fingerprint density at radius 1 is 1.03 bits per heavy atom. The molecule has 2 heterocycles. The summed E-state index contributed by atoms with van der Waals surface area (Å²) in [6.45, 7) is 4.76. The minimum absolute atomic E-state index is 0.758. The van der Waals surface area contributed by atoms with Crippen LogP contribution in [0.2, 0.25) is 5.02 Å². The van der Waals surface area contributed by atoms with Crippen LogP contribution in [0.4, 0.5) is 5.69 Å². The second-order valence-corrected chi connectivity index (χ2v) is 11.1. The zero-order chi connectivity index (χ0) is 22.6. The highest BCUT2D eigenvalue weighted by Gasteiger charge is 2.36. The van der Waals surface area contributed by atoms with Crippen LogP contribution in [0.15, 0.2) is 59.1 Å². The van der Waals surface area contributed by atoms with Gasteiger partial charge >= 0.3 is 0 Å². The monoisotopic (exact) mass is 474 g/mol. The lowest BCUT2D eigenvalue weighted by molar-refractivity contribution is 0.354. The van der Waals surface area contributed by atoms with E-state index in [0.29, 0.717) is 0 Å². The molecule has 0 aromatic heterocycles. The smallest absolute Gasteiger partial charge is 0.160 e. The highest BCUT2D eigenvalue weighted by molar-refractivity contribution is 8.42. The van der Waals surface area contributed by atoms with E-state index in [1.165, 1.54) is 5.56 Å². The van der Waals surface area contributed by atoms with Gasteiger partial charge in [-0.05, 0) is 43.3 Å². The largest absolute Gasteiger partial charge is 0.493 e. The van der Waals surface area contributed by atoms with Gasteiger partial charge in [0.15, 0.2) is 11.5 Å². The number of halogens is 1. The summed E-state index contributed by atoms with van der Waals surface area (Å²) in [4.78, 5) is 6.89. The maximum Gasteiger partial charge on any atom is 0.160 e. The van der Waals surface area contributed by atoms with Crippen molar-refractivity contribution in [3.05, 3.63) is 64.7 Å². The molecule has 0 saturated carbocycles. The van der Waals surface area contributed by atoms with Crippen LogP contribution >= 0.6 is 22.0 Å². The molecular weight excluding hydrogens is 444 g/mol. The molecule has 4 rings (SSSR count).